The summed E-state index contributed by atoms with van der Waals surface area (Å²) in [6, 6.07) is 21.3. The van der Waals surface area contributed by atoms with Crippen LogP contribution in [0.3, 0.4) is 0 Å². The van der Waals surface area contributed by atoms with E-state index in [1.807, 2.05) is 30.3 Å². The molecule has 1 atom stereocenters. The zero-order chi connectivity index (χ0) is 29.7. The number of nitrogens with zero attached hydrogens (tertiary/aromatic N) is 1. The summed E-state index contributed by atoms with van der Waals surface area (Å²) in [4.78, 5) is 25.7. The van der Waals surface area contributed by atoms with Crippen LogP contribution in [0, 0.1) is 0 Å². The molecule has 1 N–H and O–H groups in total. The predicted molar refractivity (Wildman–Crippen MR) is 144 cm³/mol. The molecule has 0 bridgehead atoms. The van der Waals surface area contributed by atoms with E-state index in [0.717, 1.165) is 29.7 Å². The van der Waals surface area contributed by atoms with Crippen molar-refractivity contribution in [2.75, 3.05) is 26.3 Å². The van der Waals surface area contributed by atoms with Crippen LogP contribution >= 0.6 is 0 Å². The zero-order valence-electron chi connectivity index (χ0n) is 22.5. The standard InChI is InChI=1S/C30H32F3NO7/c1-2-38-27(28(35)36)21-23-10-12-24(13-11-23)39-20-19-34(18-6-9-22-7-4-3-5-8-22)29(37)40-25-14-16-26(17-15-25)41-30(31,32)33/h3-5,7-8,10-17,27H,2,6,9,18-21H2,1H3,(H,35,36). The molecule has 0 heterocycles. The van der Waals surface area contributed by atoms with Crippen molar-refractivity contribution < 1.29 is 46.8 Å². The van der Waals surface area contributed by atoms with Crippen LogP contribution in [0.25, 0.3) is 0 Å². The van der Waals surface area contributed by atoms with E-state index in [-0.39, 0.29) is 25.3 Å². The van der Waals surface area contributed by atoms with Gasteiger partial charge in [0.25, 0.3) is 0 Å². The van der Waals surface area contributed by atoms with Crippen LogP contribution in [0.1, 0.15) is 24.5 Å². The number of amides is 1. The number of aliphatic carboxylic acids is 1. The van der Waals surface area contributed by atoms with Gasteiger partial charge in [-0.2, -0.15) is 0 Å². The highest BCUT2D eigenvalue weighted by Crippen LogP contribution is 2.25. The van der Waals surface area contributed by atoms with E-state index in [0.29, 0.717) is 25.3 Å². The van der Waals surface area contributed by atoms with Crippen molar-refractivity contribution >= 4 is 12.1 Å². The molecule has 3 aromatic rings. The highest BCUT2D eigenvalue weighted by Gasteiger charge is 2.31. The maximum absolute atomic E-state index is 12.9. The molecular weight excluding hydrogens is 543 g/mol. The molecule has 0 spiro atoms. The predicted octanol–water partition coefficient (Wildman–Crippen LogP) is 6.13. The molecule has 0 aliphatic rings. The van der Waals surface area contributed by atoms with Gasteiger partial charge < -0.3 is 29.0 Å². The van der Waals surface area contributed by atoms with Gasteiger partial charge >= 0.3 is 18.4 Å². The number of carbonyl (C=O) groups is 2. The summed E-state index contributed by atoms with van der Waals surface area (Å²) < 4.78 is 57.5. The SMILES string of the molecule is CCOC(Cc1ccc(OCCN(CCCc2ccccc2)C(=O)Oc2ccc(OC(F)(F)F)cc2)cc1)C(=O)O. The minimum absolute atomic E-state index is 0.0702. The van der Waals surface area contributed by atoms with Crippen LogP contribution in [0.4, 0.5) is 18.0 Å². The lowest BCUT2D eigenvalue weighted by Crippen LogP contribution is -2.37. The van der Waals surface area contributed by atoms with Crippen molar-refractivity contribution in [2.24, 2.45) is 0 Å². The molecule has 11 heteroatoms. The van der Waals surface area contributed by atoms with Gasteiger partial charge in [-0.05, 0) is 67.3 Å². The van der Waals surface area contributed by atoms with E-state index < -0.39 is 30.3 Å². The molecule has 0 saturated heterocycles. The first-order chi connectivity index (χ1) is 19.6. The van der Waals surface area contributed by atoms with Crippen LogP contribution < -0.4 is 14.2 Å². The maximum atomic E-state index is 12.9. The molecule has 3 rings (SSSR count). The van der Waals surface area contributed by atoms with Gasteiger partial charge in [0.2, 0.25) is 0 Å². The van der Waals surface area contributed by atoms with E-state index in [1.165, 1.54) is 17.0 Å². The largest absolute Gasteiger partial charge is 0.573 e. The lowest BCUT2D eigenvalue weighted by molar-refractivity contribution is -0.274. The van der Waals surface area contributed by atoms with Gasteiger partial charge in [0.05, 0.1) is 6.54 Å². The average molecular weight is 576 g/mol. The van der Waals surface area contributed by atoms with Crippen molar-refractivity contribution in [2.45, 2.75) is 38.7 Å². The first kappa shape index (κ1) is 31.3. The second-order valence-electron chi connectivity index (χ2n) is 8.94. The van der Waals surface area contributed by atoms with E-state index in [1.54, 1.807) is 31.2 Å². The molecule has 0 aromatic heterocycles. The number of carboxylic acid groups (broad SMARTS) is 1. The minimum Gasteiger partial charge on any atom is -0.492 e. The summed E-state index contributed by atoms with van der Waals surface area (Å²) in [5.41, 5.74) is 1.89. The second kappa shape index (κ2) is 15.5. The van der Waals surface area contributed by atoms with Crippen molar-refractivity contribution in [3.8, 4) is 17.2 Å². The van der Waals surface area contributed by atoms with Crippen LogP contribution in [0.5, 0.6) is 17.2 Å². The van der Waals surface area contributed by atoms with Crippen molar-refractivity contribution in [1.82, 2.24) is 4.90 Å². The number of ether oxygens (including phenoxy) is 4. The molecule has 8 nitrogen and oxygen atoms in total. The van der Waals surface area contributed by atoms with Gasteiger partial charge in [0.1, 0.15) is 23.9 Å². The third-order valence-electron chi connectivity index (χ3n) is 5.87. The summed E-state index contributed by atoms with van der Waals surface area (Å²) in [6.07, 6.45) is -4.83. The maximum Gasteiger partial charge on any atom is 0.573 e. The molecule has 220 valence electrons. The lowest BCUT2D eigenvalue weighted by atomic mass is 10.1. The number of hydrogen-bond acceptors (Lipinski definition) is 6. The molecule has 0 saturated carbocycles. The third kappa shape index (κ3) is 11.4. The first-order valence-electron chi connectivity index (χ1n) is 13.1. The number of hydrogen-bond donors (Lipinski definition) is 1. The topological polar surface area (TPSA) is 94.5 Å². The highest BCUT2D eigenvalue weighted by molar-refractivity contribution is 5.72. The molecule has 0 aliphatic heterocycles. The smallest absolute Gasteiger partial charge is 0.492 e. The molecule has 0 aliphatic carbocycles. The van der Waals surface area contributed by atoms with Gasteiger partial charge in [0, 0.05) is 19.6 Å². The van der Waals surface area contributed by atoms with Gasteiger partial charge in [-0.1, -0.05) is 42.5 Å². The number of alkyl halides is 3. The molecule has 0 radical (unpaired) electrons. The Morgan fingerprint density at radius 2 is 1.49 bits per heavy atom. The molecular formula is C30H32F3NO7. The Morgan fingerprint density at radius 3 is 2.10 bits per heavy atom. The lowest BCUT2D eigenvalue weighted by Gasteiger charge is -2.22. The summed E-state index contributed by atoms with van der Waals surface area (Å²) >= 11 is 0. The molecule has 1 amide bonds. The van der Waals surface area contributed by atoms with Crippen molar-refractivity contribution in [3.05, 3.63) is 90.0 Å². The number of aryl methyl sites for hydroxylation is 1. The quantitative estimate of drug-likeness (QED) is 0.233. The first-order valence-corrected chi connectivity index (χ1v) is 13.1. The van der Waals surface area contributed by atoms with Crippen molar-refractivity contribution in [1.29, 1.82) is 0 Å². The van der Waals surface area contributed by atoms with E-state index in [4.69, 9.17) is 14.2 Å². The normalized spacial score (nSPS) is 11.9. The fourth-order valence-corrected chi connectivity index (χ4v) is 3.92. The van der Waals surface area contributed by atoms with E-state index in [9.17, 15) is 27.9 Å². The summed E-state index contributed by atoms with van der Waals surface area (Å²) in [7, 11) is 0. The Hall–Kier alpha value is -4.25. The highest BCUT2D eigenvalue weighted by atomic mass is 19.4. The molecule has 41 heavy (non-hydrogen) atoms. The van der Waals surface area contributed by atoms with Gasteiger partial charge in [-0.25, -0.2) is 9.59 Å². The van der Waals surface area contributed by atoms with Crippen LogP contribution in [0.15, 0.2) is 78.9 Å². The van der Waals surface area contributed by atoms with Crippen LogP contribution in [-0.4, -0.2) is 60.8 Å². The zero-order valence-corrected chi connectivity index (χ0v) is 22.5. The number of carbonyl (C=O) groups excluding carboxylic acids is 1. The number of carboxylic acids is 1. The average Bonchev–Trinajstić information content (AvgIpc) is 2.93. The Balaban J connectivity index is 1.57. The van der Waals surface area contributed by atoms with Gasteiger partial charge in [-0.15, -0.1) is 13.2 Å². The fourth-order valence-electron chi connectivity index (χ4n) is 3.92. The van der Waals surface area contributed by atoms with Gasteiger partial charge in [-0.3, -0.25) is 0 Å². The summed E-state index contributed by atoms with van der Waals surface area (Å²) in [6.45, 7) is 2.72. The van der Waals surface area contributed by atoms with Crippen LogP contribution in [-0.2, 0) is 22.4 Å². The second-order valence-corrected chi connectivity index (χ2v) is 8.94. The molecule has 1 unspecified atom stereocenters. The fraction of sp³-hybridized carbons (Fsp3) is 0.333. The molecule has 3 aromatic carbocycles. The monoisotopic (exact) mass is 575 g/mol. The Kier molecular flexibility index (Phi) is 11.8. The molecule has 0 fully saturated rings. The minimum atomic E-state index is -4.82. The van der Waals surface area contributed by atoms with E-state index in [2.05, 4.69) is 4.74 Å². The summed E-state index contributed by atoms with van der Waals surface area (Å²) in [5, 5.41) is 9.27. The van der Waals surface area contributed by atoms with Crippen LogP contribution in [0.2, 0.25) is 0 Å². The Morgan fingerprint density at radius 1 is 0.854 bits per heavy atom. The van der Waals surface area contributed by atoms with E-state index >= 15 is 0 Å². The van der Waals surface area contributed by atoms with Gasteiger partial charge in [0.15, 0.2) is 6.10 Å². The van der Waals surface area contributed by atoms with Crippen molar-refractivity contribution in [3.63, 3.8) is 0 Å². The number of rotatable bonds is 15. The summed E-state index contributed by atoms with van der Waals surface area (Å²) in [5.74, 6) is -0.847. The Bertz CT molecular complexity index is 1220. The number of halogens is 3. The third-order valence-corrected chi connectivity index (χ3v) is 5.87. The number of benzene rings is 3. The Labute approximate surface area is 236 Å².